The van der Waals surface area contributed by atoms with E-state index in [0.717, 1.165) is 139 Å². The minimum Gasteiger partial charge on any atom is -0.555 e. The zero-order chi connectivity index (χ0) is 90.7. The molecule has 39 heteroatoms. The average molecular weight is 3230 g/mol. The molecule has 0 aliphatic rings. The Morgan fingerprint density at radius 3 is 0.588 bits per heavy atom. The molecule has 0 saturated heterocycles. The molecule has 0 unspecified atom stereocenters. The van der Waals surface area contributed by atoms with E-state index in [4.69, 9.17) is 73.7 Å². The molecule has 0 aliphatic heterocycles. The topological polar surface area (TPSA) is 175 Å². The van der Waals surface area contributed by atoms with Crippen molar-refractivity contribution >= 4 is 126 Å². The second-order valence-corrected chi connectivity index (χ2v) is 97.7. The molecule has 0 aliphatic carbocycles. The van der Waals surface area contributed by atoms with E-state index in [0.29, 0.717) is 0 Å². The van der Waals surface area contributed by atoms with Crippen LogP contribution in [0.25, 0.3) is 0 Å². The van der Waals surface area contributed by atoms with Gasteiger partial charge in [-0.25, -0.2) is 14.2 Å². The summed E-state index contributed by atoms with van der Waals surface area (Å²) in [6.45, 7) is 101. The molecule has 0 bridgehead atoms. The van der Waals surface area contributed by atoms with E-state index in [1.165, 1.54) is 38.1 Å². The van der Waals surface area contributed by atoms with Gasteiger partial charge in [0.25, 0.3) is 0 Å². The van der Waals surface area contributed by atoms with Crippen LogP contribution in [-0.4, -0.2) is 222 Å². The van der Waals surface area contributed by atoms with Gasteiger partial charge >= 0.3 is 43.3 Å². The molecule has 0 atom stereocenters. The van der Waals surface area contributed by atoms with Crippen LogP contribution in [0.4, 0.5) is 0 Å². The Bertz CT molecular complexity index is 1970. The average Bonchev–Trinajstić information content (AvgIpc) is 0.834. The van der Waals surface area contributed by atoms with Gasteiger partial charge < -0.3 is 104 Å². The summed E-state index contributed by atoms with van der Waals surface area (Å²) >= 11 is 0. The van der Waals surface area contributed by atoms with Gasteiger partial charge in [-0.05, 0) is 285 Å². The molecule has 0 aromatic rings. The van der Waals surface area contributed by atoms with E-state index in [1.54, 1.807) is 56.5 Å². The normalized spacial score (nSPS) is 12.1. The second kappa shape index (κ2) is 83.7. The van der Waals surface area contributed by atoms with E-state index in [9.17, 15) is 0 Å². The fourth-order valence-electron chi connectivity index (χ4n) is 12.1. The van der Waals surface area contributed by atoms with Crippen LogP contribution in [0, 0.1) is 35.5 Å². The maximum absolute atomic E-state index is 6.81. The predicted octanol–water partition coefficient (Wildman–Crippen LogP) is 27.7. The van der Waals surface area contributed by atoms with E-state index in [2.05, 4.69) is 269 Å². The molecule has 0 radical (unpaired) electrons. The minimum atomic E-state index is -2.45. The summed E-state index contributed by atoms with van der Waals surface area (Å²) < 4.78 is 111. The summed E-state index contributed by atoms with van der Waals surface area (Å²) in [6, 6.07) is 10.6. The first kappa shape index (κ1) is 157. The molecule has 0 amide bonds. The Labute approximate surface area is 733 Å². The summed E-state index contributed by atoms with van der Waals surface area (Å²) in [5.74, 6) is 0. The Morgan fingerprint density at radius 1 is 0.227 bits per heavy atom. The summed E-state index contributed by atoms with van der Waals surface area (Å²) in [4.78, 5) is 0. The molecular weight excluding hydrogens is 3020 g/mol. The van der Waals surface area contributed by atoms with Crippen LogP contribution in [0.3, 0.4) is 0 Å². The standard InChI is InChI=1S/C20H54O5Si6.C16H40O4Si3.C12H32O4Si3.C10H28O4Si3.2C5H11O.2C3H8.2C2H5.CH4.CH3.5Rf/c1-15-21-17-16-18-27(5,6)23-31(13,14)25-29(9,10)20-19-28(7,8)24-30(11,12)22-26(2,3)4;1-9-17-13-11-15-21(3,4)19-23(7,8)20-22(5,6)16-12-14-18-10-2;1-9-10-17(5,6)16-18(7,8)11-12-19(13-2,14-3)15-4;1-11-17(12-2,13-3)10-9-16(7,8)14-15(4,5)6;2*1-3-4-5-6-2;2*1-3-2;2*1-2;;;;;;;/h15-20H2,1-14H3;9-16H2,1-8H3;9-12H2,1-8H3;9-10H2,1-8H3;2*2-5H2,1H3;2*3H2,1-2H3;2*1H2,2H3;1H4;1H3;;;;;/q;;;;2*-1;;;2*-1;;-1;;;;;. The van der Waals surface area contributed by atoms with Crippen LogP contribution in [0.5, 0.6) is 0 Å². The van der Waals surface area contributed by atoms with E-state index < -0.39 is 126 Å². The van der Waals surface area contributed by atoms with Gasteiger partial charge in [0.15, 0.2) is 83.2 Å². The Morgan fingerprint density at radius 2 is 0.412 bits per heavy atom. The fraction of sp³-hybridized carbons (Fsp3) is 0.938. The molecule has 19 nitrogen and oxygen atoms in total. The van der Waals surface area contributed by atoms with Gasteiger partial charge in [-0.15, -0.1) is 0 Å². The smallest absolute Gasteiger partial charge is 0.499 e. The predicted molar refractivity (Wildman–Crippen MR) is 542 cm³/mol. The molecule has 0 rings (SSSR count). The van der Waals surface area contributed by atoms with Gasteiger partial charge in [0.05, 0.1) is 0 Å². The van der Waals surface area contributed by atoms with Crippen LogP contribution in [0.15, 0.2) is 0 Å². The molecule has 718 valence electrons. The van der Waals surface area contributed by atoms with Crippen molar-refractivity contribution < 1.29 is 83.2 Å². The largest absolute Gasteiger partial charge is 0.555 e. The molecular formula is C80H209O19Rf5Si15-5. The van der Waals surface area contributed by atoms with Crippen LogP contribution in [-0.2, 0) is 83.2 Å². The molecule has 0 saturated carbocycles. The molecule has 0 spiro atoms. The summed E-state index contributed by atoms with van der Waals surface area (Å²) in [6.07, 6.45) is 11.6. The molecule has 119 heavy (non-hydrogen) atoms. The van der Waals surface area contributed by atoms with E-state index >= 15 is 0 Å². The molecule has 0 fully saturated rings. The van der Waals surface area contributed by atoms with Crippen molar-refractivity contribution in [3.05, 3.63) is 35.5 Å². The van der Waals surface area contributed by atoms with Gasteiger partial charge in [-0.1, -0.05) is 88.0 Å². The van der Waals surface area contributed by atoms with Gasteiger partial charge in [0.2, 0.25) is 0 Å². The SMILES string of the molecule is C.CCC.CCC.CCC[Si](C)(C)O[Si](C)(C)CC[Si](OC)(OC)OC.CCOCCC[Si](C)(C)O[Si](C)(C)O[Si](C)(C)CCCOCC.CCOCCC[Si](C)(C)O[Si](C)(C)O[Si](C)(C)CC[Si](C)(C)O[Si](C)(C)O[Si](C)(C)C.CO[Si](CC[Si](C)(C)O[Si](C)(C)C)(OC)OC.[CH2-]C.[CH2-]C.[CH2-]OCCCC.[CH2-]OCCCC.[CH3-].[Rf].[Rf].[Rf].[Rf].[Rf]. The molecule has 0 aromatic carbocycles. The third kappa shape index (κ3) is 112. The summed E-state index contributed by atoms with van der Waals surface area (Å²) in [7, 11) is -11.4. The molecule has 0 aromatic heterocycles. The molecule has 0 heterocycles. The van der Waals surface area contributed by atoms with Crippen molar-refractivity contribution in [2.24, 2.45) is 0 Å². The number of hydrogen-bond acceptors (Lipinski definition) is 19. The summed E-state index contributed by atoms with van der Waals surface area (Å²) in [5.41, 5.74) is 0. The number of ether oxygens (including phenoxy) is 5. The zero-order valence-corrected chi connectivity index (χ0v) is 135. The zero-order valence-electron chi connectivity index (χ0n) is 88.4. The van der Waals surface area contributed by atoms with Crippen molar-refractivity contribution in [2.75, 3.05) is 95.5 Å². The van der Waals surface area contributed by atoms with Gasteiger partial charge in [0.1, 0.15) is 0 Å². The number of unbranched alkanes of at least 4 members (excludes halogenated alkanes) is 2. The monoisotopic (exact) mass is 3230 g/mol. The maximum atomic E-state index is 6.81. The van der Waals surface area contributed by atoms with Crippen LogP contribution in [0.2, 0.25) is 244 Å². The number of rotatable bonds is 54. The first-order valence-corrected chi connectivity index (χ1v) is 86.9. The van der Waals surface area contributed by atoms with Gasteiger partial charge in [-0.3, -0.25) is 0 Å². The quantitative estimate of drug-likeness (QED) is 0.0319. The third-order valence-electron chi connectivity index (χ3n) is 15.5. The van der Waals surface area contributed by atoms with Crippen molar-refractivity contribution in [2.45, 2.75) is 398 Å². The Hall–Kier alpha value is -2.51. The van der Waals surface area contributed by atoms with Crippen LogP contribution in [0.1, 0.15) is 155 Å². The van der Waals surface area contributed by atoms with E-state index in [1.807, 2.05) is 20.8 Å². The fourth-order valence-corrected chi connectivity index (χ4v) is 80.6. The van der Waals surface area contributed by atoms with Crippen LogP contribution >= 0.6 is 0 Å². The van der Waals surface area contributed by atoms with Crippen LogP contribution < -0.4 is 0 Å². The van der Waals surface area contributed by atoms with E-state index in [-0.39, 0.29) is 14.9 Å². The second-order valence-electron chi connectivity index (χ2n) is 36.0. The van der Waals surface area contributed by atoms with Crippen molar-refractivity contribution in [1.82, 2.24) is 0 Å². The first-order chi connectivity index (χ1) is 51.0. The van der Waals surface area contributed by atoms with Gasteiger partial charge in [0, 0.05) is 108 Å². The molecule has 0 N–H and O–H groups in total. The maximum Gasteiger partial charge on any atom is 0.499 e. The number of hydrogen-bond donors (Lipinski definition) is 0. The Kier molecular flexibility index (Phi) is 110. The first-order valence-electron chi connectivity index (χ1n) is 42.8. The van der Waals surface area contributed by atoms with Gasteiger partial charge in [-0.2, -0.15) is 13.8 Å². The third-order valence-corrected chi connectivity index (χ3v) is 69.0. The summed E-state index contributed by atoms with van der Waals surface area (Å²) in [5, 5.41) is 0. The van der Waals surface area contributed by atoms with Crippen molar-refractivity contribution in [3.8, 4) is 0 Å². The van der Waals surface area contributed by atoms with Crippen molar-refractivity contribution in [3.63, 3.8) is 0 Å². The Balaban J connectivity index is -0.0000000712. The minimum absolute atomic E-state index is 0. The van der Waals surface area contributed by atoms with Crippen molar-refractivity contribution in [1.29, 1.82) is 0 Å².